The molecule has 0 spiro atoms. The normalized spacial score (nSPS) is 10.7. The Morgan fingerprint density at radius 3 is 2.63 bits per heavy atom. The number of aromatic nitrogens is 3. The molecule has 3 aromatic heterocycles. The molecule has 27 heavy (non-hydrogen) atoms. The number of benzene rings is 1. The maximum atomic E-state index is 13.0. The van der Waals surface area contributed by atoms with Crippen molar-refractivity contribution in [2.75, 3.05) is 5.32 Å². The number of rotatable bonds is 4. The van der Waals surface area contributed by atoms with Crippen LogP contribution in [-0.4, -0.2) is 20.9 Å². The highest BCUT2D eigenvalue weighted by Crippen LogP contribution is 2.29. The second-order valence-corrected chi connectivity index (χ2v) is 7.50. The van der Waals surface area contributed by atoms with E-state index in [9.17, 15) is 9.18 Å². The smallest absolute Gasteiger partial charge is 0.269 e. The zero-order chi connectivity index (χ0) is 18.8. The number of hydrogen-bond acceptors (Lipinski definition) is 6. The van der Waals surface area contributed by atoms with Crippen LogP contribution >= 0.6 is 22.7 Å². The van der Waals surface area contributed by atoms with Gasteiger partial charge in [0.15, 0.2) is 5.13 Å². The van der Waals surface area contributed by atoms with E-state index in [2.05, 4.69) is 20.3 Å². The maximum absolute atomic E-state index is 13.0. The highest BCUT2D eigenvalue weighted by Gasteiger charge is 2.18. The molecule has 3 heterocycles. The summed E-state index contributed by atoms with van der Waals surface area (Å²) in [6, 6.07) is 11.6. The van der Waals surface area contributed by atoms with Crippen LogP contribution in [-0.2, 0) is 0 Å². The van der Waals surface area contributed by atoms with Crippen molar-refractivity contribution in [3.63, 3.8) is 0 Å². The lowest BCUT2D eigenvalue weighted by atomic mass is 10.2. The first-order valence-corrected chi connectivity index (χ1v) is 9.71. The number of nitrogens with zero attached hydrogens (tertiary/aromatic N) is 3. The van der Waals surface area contributed by atoms with E-state index in [0.29, 0.717) is 26.4 Å². The summed E-state index contributed by atoms with van der Waals surface area (Å²) >= 11 is 2.61. The number of pyridine rings is 1. The van der Waals surface area contributed by atoms with Gasteiger partial charge in [0, 0.05) is 17.1 Å². The van der Waals surface area contributed by atoms with Crippen molar-refractivity contribution in [2.45, 2.75) is 6.92 Å². The summed E-state index contributed by atoms with van der Waals surface area (Å²) < 4.78 is 13.0. The first-order chi connectivity index (χ1) is 13.1. The zero-order valence-corrected chi connectivity index (χ0v) is 15.8. The standard InChI is InChI=1S/C19H13FN4OS2/c1-11-16(27-18(22-11)14-4-2-3-9-21-14)17(25)24-19-23-15(10-26-19)12-5-7-13(20)8-6-12/h2-10H,1H3,(H,23,24,25). The molecule has 5 nitrogen and oxygen atoms in total. The summed E-state index contributed by atoms with van der Waals surface area (Å²) in [6.07, 6.45) is 1.69. The van der Waals surface area contributed by atoms with Crippen molar-refractivity contribution >= 4 is 33.7 Å². The Morgan fingerprint density at radius 1 is 1.07 bits per heavy atom. The maximum Gasteiger partial charge on any atom is 0.269 e. The third-order valence-electron chi connectivity index (χ3n) is 3.75. The SMILES string of the molecule is Cc1nc(-c2ccccn2)sc1C(=O)Nc1nc(-c2ccc(F)cc2)cs1. The van der Waals surface area contributed by atoms with E-state index in [1.165, 1.54) is 34.8 Å². The van der Waals surface area contributed by atoms with E-state index in [-0.39, 0.29) is 11.7 Å². The molecule has 0 aliphatic heterocycles. The number of hydrogen-bond donors (Lipinski definition) is 1. The van der Waals surface area contributed by atoms with Gasteiger partial charge in [-0.25, -0.2) is 14.4 Å². The van der Waals surface area contributed by atoms with Crippen molar-refractivity contribution in [1.29, 1.82) is 0 Å². The lowest BCUT2D eigenvalue weighted by Gasteiger charge is -1.99. The molecule has 0 fully saturated rings. The highest BCUT2D eigenvalue weighted by molar-refractivity contribution is 7.17. The van der Waals surface area contributed by atoms with Crippen molar-refractivity contribution < 1.29 is 9.18 Å². The van der Waals surface area contributed by atoms with Crippen molar-refractivity contribution in [2.24, 2.45) is 0 Å². The minimum Gasteiger partial charge on any atom is -0.297 e. The van der Waals surface area contributed by atoms with E-state index < -0.39 is 0 Å². The van der Waals surface area contributed by atoms with Gasteiger partial charge in [0.2, 0.25) is 0 Å². The van der Waals surface area contributed by atoms with Crippen LogP contribution < -0.4 is 5.32 Å². The third-order valence-corrected chi connectivity index (χ3v) is 5.69. The molecule has 0 radical (unpaired) electrons. The number of thiazole rings is 2. The van der Waals surface area contributed by atoms with Crippen LogP contribution in [0.4, 0.5) is 9.52 Å². The Kier molecular flexibility index (Phi) is 4.74. The predicted molar refractivity (Wildman–Crippen MR) is 106 cm³/mol. The summed E-state index contributed by atoms with van der Waals surface area (Å²) in [5.41, 5.74) is 2.86. The van der Waals surface area contributed by atoms with Gasteiger partial charge in [-0.1, -0.05) is 6.07 Å². The Balaban J connectivity index is 1.53. The molecule has 4 rings (SSSR count). The number of nitrogens with one attached hydrogen (secondary N) is 1. The minimum atomic E-state index is -0.299. The van der Waals surface area contributed by atoms with E-state index in [4.69, 9.17) is 0 Å². The van der Waals surface area contributed by atoms with Gasteiger partial charge >= 0.3 is 0 Å². The van der Waals surface area contributed by atoms with Crippen molar-refractivity contribution in [1.82, 2.24) is 15.0 Å². The molecule has 0 atom stereocenters. The molecule has 0 saturated carbocycles. The van der Waals surface area contributed by atoms with Gasteiger partial charge in [0.25, 0.3) is 5.91 Å². The molecule has 0 aliphatic rings. The van der Waals surface area contributed by atoms with Crippen LogP contribution in [0.3, 0.4) is 0 Å². The number of aryl methyl sites for hydroxylation is 1. The molecule has 0 bridgehead atoms. The Morgan fingerprint density at radius 2 is 1.89 bits per heavy atom. The minimum absolute atomic E-state index is 0.257. The first kappa shape index (κ1) is 17.4. The fourth-order valence-corrected chi connectivity index (χ4v) is 4.10. The van der Waals surface area contributed by atoms with Crippen LogP contribution in [0.25, 0.3) is 22.0 Å². The van der Waals surface area contributed by atoms with E-state index in [1.54, 1.807) is 25.3 Å². The van der Waals surface area contributed by atoms with Gasteiger partial charge in [-0.3, -0.25) is 15.1 Å². The van der Waals surface area contributed by atoms with Crippen molar-refractivity contribution in [3.8, 4) is 22.0 Å². The highest BCUT2D eigenvalue weighted by atomic mass is 32.1. The number of halogens is 1. The lowest BCUT2D eigenvalue weighted by Crippen LogP contribution is -2.11. The molecule has 0 aliphatic carbocycles. The molecule has 1 aromatic carbocycles. The summed E-state index contributed by atoms with van der Waals surface area (Å²) in [5.74, 6) is -0.556. The lowest BCUT2D eigenvalue weighted by molar-refractivity contribution is 0.103. The predicted octanol–water partition coefficient (Wildman–Crippen LogP) is 5.03. The van der Waals surface area contributed by atoms with E-state index in [1.807, 2.05) is 23.6 Å². The fraction of sp³-hybridized carbons (Fsp3) is 0.0526. The Hall–Kier alpha value is -2.97. The molecule has 1 amide bonds. The molecular weight excluding hydrogens is 383 g/mol. The van der Waals surface area contributed by atoms with E-state index >= 15 is 0 Å². The van der Waals surface area contributed by atoms with Crippen LogP contribution in [0, 0.1) is 12.7 Å². The molecule has 0 unspecified atom stereocenters. The average Bonchev–Trinajstić information content (AvgIpc) is 3.30. The van der Waals surface area contributed by atoms with Gasteiger partial charge in [0.1, 0.15) is 15.7 Å². The Labute approximate surface area is 162 Å². The summed E-state index contributed by atoms with van der Waals surface area (Å²) in [6.45, 7) is 1.80. The summed E-state index contributed by atoms with van der Waals surface area (Å²) in [7, 11) is 0. The number of carbonyl (C=O) groups is 1. The largest absolute Gasteiger partial charge is 0.297 e. The van der Waals surface area contributed by atoms with Crippen molar-refractivity contribution in [3.05, 3.63) is 70.4 Å². The fourth-order valence-electron chi connectivity index (χ4n) is 2.44. The molecule has 0 saturated heterocycles. The Bertz CT molecular complexity index is 1090. The van der Waals surface area contributed by atoms with Gasteiger partial charge in [-0.2, -0.15) is 0 Å². The molecule has 1 N–H and O–H groups in total. The topological polar surface area (TPSA) is 67.8 Å². The second kappa shape index (κ2) is 7.34. The van der Waals surface area contributed by atoms with Gasteiger partial charge < -0.3 is 0 Å². The second-order valence-electron chi connectivity index (χ2n) is 5.65. The molecule has 134 valence electrons. The molecule has 4 aromatic rings. The monoisotopic (exact) mass is 396 g/mol. The molecule has 8 heteroatoms. The summed E-state index contributed by atoms with van der Waals surface area (Å²) in [5, 5.41) is 5.81. The quantitative estimate of drug-likeness (QED) is 0.525. The average molecular weight is 396 g/mol. The number of anilines is 1. The van der Waals surface area contributed by atoms with Crippen LogP contribution in [0.5, 0.6) is 0 Å². The van der Waals surface area contributed by atoms with Crippen LogP contribution in [0.2, 0.25) is 0 Å². The molecular formula is C19H13FN4OS2. The van der Waals surface area contributed by atoms with E-state index in [0.717, 1.165) is 11.3 Å². The number of amides is 1. The zero-order valence-electron chi connectivity index (χ0n) is 14.1. The summed E-state index contributed by atoms with van der Waals surface area (Å²) in [4.78, 5) is 26.3. The van der Waals surface area contributed by atoms with Gasteiger partial charge in [0.05, 0.1) is 17.1 Å². The van der Waals surface area contributed by atoms with Gasteiger partial charge in [-0.05, 0) is 43.3 Å². The van der Waals surface area contributed by atoms with Crippen LogP contribution in [0.15, 0.2) is 54.0 Å². The van der Waals surface area contributed by atoms with Gasteiger partial charge in [-0.15, -0.1) is 22.7 Å². The van der Waals surface area contributed by atoms with Crippen LogP contribution in [0.1, 0.15) is 15.4 Å². The first-order valence-electron chi connectivity index (χ1n) is 8.02. The number of carbonyl (C=O) groups excluding carboxylic acids is 1. The third kappa shape index (κ3) is 3.76.